The van der Waals surface area contributed by atoms with Gasteiger partial charge in [0.05, 0.1) is 0 Å². The second kappa shape index (κ2) is 9.10. The van der Waals surface area contributed by atoms with Gasteiger partial charge in [-0.1, -0.05) is 33.6 Å². The molecule has 0 aliphatic rings. The zero-order chi connectivity index (χ0) is 15.8. The Morgan fingerprint density at radius 3 is 1.85 bits per heavy atom. The van der Waals surface area contributed by atoms with Gasteiger partial charge < -0.3 is 18.4 Å². The van der Waals surface area contributed by atoms with E-state index < -0.39 is 14.2 Å². The van der Waals surface area contributed by atoms with Gasteiger partial charge in [0, 0.05) is 32.3 Å². The molecule has 20 heavy (non-hydrogen) atoms. The highest BCUT2D eigenvalue weighted by Crippen LogP contribution is 2.50. The largest absolute Gasteiger partial charge is 0.504 e. The highest BCUT2D eigenvalue weighted by atomic mass is 32.1. The predicted octanol–water partition coefficient (Wildman–Crippen LogP) is 4.12. The van der Waals surface area contributed by atoms with Gasteiger partial charge in [-0.15, -0.1) is 0 Å². The fraction of sp³-hybridized carbons (Fsp3) is 0.929. The lowest BCUT2D eigenvalue weighted by atomic mass is 9.76. The number of thiocarbonyl (C=S) groups is 1. The van der Waals surface area contributed by atoms with Crippen molar-refractivity contribution >= 4 is 26.1 Å². The molecule has 0 heterocycles. The Morgan fingerprint density at radius 2 is 1.60 bits per heavy atom. The molecule has 0 spiro atoms. The van der Waals surface area contributed by atoms with E-state index in [2.05, 4.69) is 20.8 Å². The van der Waals surface area contributed by atoms with Crippen LogP contribution < -0.4 is 0 Å². The molecule has 0 amide bonds. The van der Waals surface area contributed by atoms with E-state index in [1.54, 1.807) is 21.3 Å². The molecule has 0 aromatic rings. The minimum Gasteiger partial charge on any atom is -0.502 e. The molecule has 4 nitrogen and oxygen atoms in total. The third kappa shape index (κ3) is 3.79. The first-order valence-corrected chi connectivity index (χ1v) is 9.54. The van der Waals surface area contributed by atoms with E-state index in [0.29, 0.717) is 0 Å². The maximum absolute atomic E-state index is 10.2. The molecule has 6 heteroatoms. The summed E-state index contributed by atoms with van der Waals surface area (Å²) >= 11 is 5.21. The Hall–Kier alpha value is -0.0131. The van der Waals surface area contributed by atoms with Crippen LogP contribution >= 0.6 is 12.2 Å². The SMILES string of the molecule is CCCC(C(CC)(CCC)C(O)=S)[Si](OC)(OC)OC. The lowest BCUT2D eigenvalue weighted by Crippen LogP contribution is -2.55. The molecule has 0 radical (unpaired) electrons. The average molecular weight is 323 g/mol. The second-order valence-corrected chi connectivity index (χ2v) is 8.64. The summed E-state index contributed by atoms with van der Waals surface area (Å²) in [6, 6.07) is 0. The van der Waals surface area contributed by atoms with Gasteiger partial charge in [0.15, 0.2) is 5.05 Å². The molecule has 0 aliphatic carbocycles. The first-order chi connectivity index (χ1) is 9.44. The van der Waals surface area contributed by atoms with Gasteiger partial charge in [0.25, 0.3) is 0 Å². The van der Waals surface area contributed by atoms with Crippen LogP contribution in [0.3, 0.4) is 0 Å². The third-order valence-electron chi connectivity index (χ3n) is 4.28. The number of aliphatic hydroxyl groups is 1. The van der Waals surface area contributed by atoms with Crippen molar-refractivity contribution in [3.63, 3.8) is 0 Å². The molecule has 0 saturated heterocycles. The molecule has 0 fully saturated rings. The zero-order valence-electron chi connectivity index (χ0n) is 13.7. The third-order valence-corrected chi connectivity index (χ3v) is 8.09. The van der Waals surface area contributed by atoms with E-state index in [-0.39, 0.29) is 10.6 Å². The number of hydrogen-bond acceptors (Lipinski definition) is 4. The van der Waals surface area contributed by atoms with Crippen LogP contribution in [-0.2, 0) is 13.3 Å². The van der Waals surface area contributed by atoms with Gasteiger partial charge >= 0.3 is 8.80 Å². The van der Waals surface area contributed by atoms with Crippen LogP contribution in [0, 0.1) is 5.41 Å². The van der Waals surface area contributed by atoms with E-state index in [1.165, 1.54) is 0 Å². The molecule has 120 valence electrons. The van der Waals surface area contributed by atoms with E-state index in [1.807, 2.05) is 0 Å². The summed E-state index contributed by atoms with van der Waals surface area (Å²) in [6.45, 7) is 6.27. The summed E-state index contributed by atoms with van der Waals surface area (Å²) in [5, 5.41) is 10.3. The quantitative estimate of drug-likeness (QED) is 0.458. The molecule has 0 aliphatic heterocycles. The smallest absolute Gasteiger partial charge is 0.502 e. The number of rotatable bonds is 11. The highest BCUT2D eigenvalue weighted by Gasteiger charge is 2.57. The normalized spacial score (nSPS) is 16.7. The first kappa shape index (κ1) is 20.0. The topological polar surface area (TPSA) is 47.9 Å². The van der Waals surface area contributed by atoms with Crippen molar-refractivity contribution in [3.05, 3.63) is 0 Å². The van der Waals surface area contributed by atoms with E-state index in [9.17, 15) is 5.11 Å². The minimum absolute atomic E-state index is 0.0255. The molecular formula is C14H30O4SSi. The van der Waals surface area contributed by atoms with Crippen LogP contribution in [0.15, 0.2) is 0 Å². The number of hydrogen-bond donors (Lipinski definition) is 1. The maximum Gasteiger partial charge on any atom is 0.504 e. The van der Waals surface area contributed by atoms with Gasteiger partial charge in [0.1, 0.15) is 0 Å². The highest BCUT2D eigenvalue weighted by molar-refractivity contribution is 7.80. The van der Waals surface area contributed by atoms with Gasteiger partial charge in [-0.3, -0.25) is 0 Å². The maximum atomic E-state index is 10.2. The van der Waals surface area contributed by atoms with Crippen molar-refractivity contribution in [1.29, 1.82) is 0 Å². The summed E-state index contributed by atoms with van der Waals surface area (Å²) in [6.07, 6.45) is 4.33. The summed E-state index contributed by atoms with van der Waals surface area (Å²) < 4.78 is 17.0. The molecule has 0 rings (SSSR count). The minimum atomic E-state index is -2.87. The molecular weight excluding hydrogens is 292 g/mol. The molecule has 0 saturated carbocycles. The Balaban J connectivity index is 5.86. The second-order valence-electron chi connectivity index (χ2n) is 5.12. The fourth-order valence-corrected chi connectivity index (χ4v) is 6.86. The monoisotopic (exact) mass is 322 g/mol. The summed E-state index contributed by atoms with van der Waals surface area (Å²) in [7, 11) is 1.99. The molecule has 2 atom stereocenters. The predicted molar refractivity (Wildman–Crippen MR) is 88.3 cm³/mol. The Kier molecular flexibility index (Phi) is 9.09. The number of aliphatic hydroxyl groups excluding tert-OH is 1. The van der Waals surface area contributed by atoms with Crippen molar-refractivity contribution in [2.45, 2.75) is 58.4 Å². The van der Waals surface area contributed by atoms with Crippen LogP contribution in [0.25, 0.3) is 0 Å². The molecule has 0 bridgehead atoms. The van der Waals surface area contributed by atoms with E-state index in [4.69, 9.17) is 25.5 Å². The summed E-state index contributed by atoms with van der Waals surface area (Å²) in [5.41, 5.74) is -0.503. The lowest BCUT2D eigenvalue weighted by Gasteiger charge is -2.44. The first-order valence-electron chi connectivity index (χ1n) is 7.33. The van der Waals surface area contributed by atoms with Crippen molar-refractivity contribution in [2.24, 2.45) is 5.41 Å². The Bertz CT molecular complexity index is 289. The van der Waals surface area contributed by atoms with Crippen molar-refractivity contribution < 1.29 is 18.4 Å². The van der Waals surface area contributed by atoms with Gasteiger partial charge in [-0.25, -0.2) is 0 Å². The average Bonchev–Trinajstić information content (AvgIpc) is 2.46. The Morgan fingerprint density at radius 1 is 1.10 bits per heavy atom. The zero-order valence-corrected chi connectivity index (χ0v) is 15.5. The van der Waals surface area contributed by atoms with Crippen LogP contribution in [0.1, 0.15) is 52.9 Å². The molecule has 0 aromatic carbocycles. The van der Waals surface area contributed by atoms with Crippen molar-refractivity contribution in [2.75, 3.05) is 21.3 Å². The van der Waals surface area contributed by atoms with E-state index >= 15 is 0 Å². The van der Waals surface area contributed by atoms with Gasteiger partial charge in [0.2, 0.25) is 0 Å². The van der Waals surface area contributed by atoms with Crippen LogP contribution in [-0.4, -0.2) is 40.3 Å². The van der Waals surface area contributed by atoms with Gasteiger partial charge in [-0.2, -0.15) is 0 Å². The van der Waals surface area contributed by atoms with Crippen LogP contribution in [0.4, 0.5) is 0 Å². The summed E-state index contributed by atoms with van der Waals surface area (Å²) in [4.78, 5) is 0. The van der Waals surface area contributed by atoms with E-state index in [0.717, 1.165) is 32.1 Å². The van der Waals surface area contributed by atoms with Gasteiger partial charge in [-0.05, 0) is 31.5 Å². The standard InChI is InChI=1S/C14H30O4SSi/c1-7-10-12(20(16-4,17-5)18-6)14(9-3,11-8-2)13(15)19/h12H,7-11H2,1-6H3,(H,15,19). The van der Waals surface area contributed by atoms with Crippen molar-refractivity contribution in [1.82, 2.24) is 0 Å². The Labute approximate surface area is 130 Å². The molecule has 2 unspecified atom stereocenters. The lowest BCUT2D eigenvalue weighted by molar-refractivity contribution is 0.0849. The fourth-order valence-electron chi connectivity index (χ4n) is 3.21. The van der Waals surface area contributed by atoms with Crippen molar-refractivity contribution in [3.8, 4) is 0 Å². The van der Waals surface area contributed by atoms with Crippen LogP contribution in [0.2, 0.25) is 5.54 Å². The molecule has 0 aromatic heterocycles. The summed E-state index contributed by atoms with van der Waals surface area (Å²) in [5.74, 6) is 0. The molecule has 1 N–H and O–H groups in total. The van der Waals surface area contributed by atoms with Crippen LogP contribution in [0.5, 0.6) is 0 Å².